The Morgan fingerprint density at radius 2 is 1.00 bits per heavy atom. The van der Waals surface area contributed by atoms with Crippen molar-refractivity contribution in [2.75, 3.05) is 0 Å². The van der Waals surface area contributed by atoms with Crippen molar-refractivity contribution in [3.8, 4) is 0 Å². The van der Waals surface area contributed by atoms with Crippen LogP contribution in [0.3, 0.4) is 0 Å². The molecule has 2 nitrogen and oxygen atoms in total. The number of hydrogen-bond acceptors (Lipinski definition) is 0. The molecule has 0 saturated carbocycles. The zero-order valence-corrected chi connectivity index (χ0v) is 24.4. The standard InChI is InChI=1S/2C15H14N.2ClH.Zr/c2*1-11-7-12(2)16(10-11)15-8-13-5-3-4-6-14(13)9-15;;;/h2*3-10H,1-2H3;2*1H;/q;;;;+2/p-2. The van der Waals surface area contributed by atoms with Gasteiger partial charge in [-0.15, -0.1) is 0 Å². The van der Waals surface area contributed by atoms with Gasteiger partial charge in [0.25, 0.3) is 0 Å². The zero-order valence-electron chi connectivity index (χ0n) is 20.4. The summed E-state index contributed by atoms with van der Waals surface area (Å²) in [5, 5.41) is 0. The molecular weight excluding hydrogens is 550 g/mol. The van der Waals surface area contributed by atoms with Gasteiger partial charge in [-0.2, -0.15) is 0 Å². The van der Waals surface area contributed by atoms with Crippen molar-refractivity contribution in [3.63, 3.8) is 0 Å². The molecule has 35 heavy (non-hydrogen) atoms. The van der Waals surface area contributed by atoms with Gasteiger partial charge >= 0.3 is 209 Å². The molecular formula is C30H28Cl2N2Zr. The smallest absolute Gasteiger partial charge is 1.00 e. The van der Waals surface area contributed by atoms with E-state index in [-0.39, 0.29) is 24.8 Å². The van der Waals surface area contributed by atoms with Crippen LogP contribution >= 0.6 is 0 Å². The van der Waals surface area contributed by atoms with Crippen molar-refractivity contribution in [1.82, 2.24) is 9.13 Å². The Morgan fingerprint density at radius 1 is 0.600 bits per heavy atom. The SMILES string of the molecule is Cc1cc(C)n(C2=Cc3ccccc3[CH]2[Zr+2][CH]2C(n3cc(C)cc3C)=Cc3ccccc32)c1.[Cl-].[Cl-]. The second-order valence-electron chi connectivity index (χ2n) is 9.49. The number of rotatable bonds is 4. The van der Waals surface area contributed by atoms with E-state index in [0.717, 1.165) is 0 Å². The van der Waals surface area contributed by atoms with Gasteiger partial charge in [0.05, 0.1) is 0 Å². The largest absolute Gasteiger partial charge is 1.00 e. The summed E-state index contributed by atoms with van der Waals surface area (Å²) in [4.78, 5) is 0. The summed E-state index contributed by atoms with van der Waals surface area (Å²) in [6.45, 7) is 8.88. The molecule has 2 aromatic heterocycles. The minimum atomic E-state index is -1.00. The van der Waals surface area contributed by atoms with Gasteiger partial charge in [0, 0.05) is 0 Å². The Kier molecular flexibility index (Phi) is 7.53. The molecule has 0 fully saturated rings. The van der Waals surface area contributed by atoms with Crippen LogP contribution in [0.25, 0.3) is 23.5 Å². The van der Waals surface area contributed by atoms with Gasteiger partial charge in [0.1, 0.15) is 0 Å². The monoisotopic (exact) mass is 576 g/mol. The molecule has 0 bridgehead atoms. The molecule has 2 aliphatic carbocycles. The summed E-state index contributed by atoms with van der Waals surface area (Å²) in [6, 6.07) is 22.7. The third kappa shape index (κ3) is 4.48. The molecule has 2 unspecified atom stereocenters. The number of hydrogen-bond donors (Lipinski definition) is 0. The van der Waals surface area contributed by atoms with Gasteiger partial charge in [-0.1, -0.05) is 0 Å². The van der Waals surface area contributed by atoms with Gasteiger partial charge < -0.3 is 24.8 Å². The maximum atomic E-state index is 2.45. The summed E-state index contributed by atoms with van der Waals surface area (Å²) in [5.41, 5.74) is 14.1. The van der Waals surface area contributed by atoms with Crippen molar-refractivity contribution < 1.29 is 48.0 Å². The van der Waals surface area contributed by atoms with Crippen LogP contribution in [-0.2, 0) is 23.2 Å². The molecule has 0 saturated heterocycles. The molecule has 0 N–H and O–H groups in total. The van der Waals surface area contributed by atoms with Gasteiger partial charge in [0.15, 0.2) is 0 Å². The first kappa shape index (κ1) is 26.0. The van der Waals surface area contributed by atoms with E-state index in [9.17, 15) is 0 Å². The minimum Gasteiger partial charge on any atom is -1.00 e. The maximum Gasteiger partial charge on any atom is -1.00 e. The quantitative estimate of drug-likeness (QED) is 0.347. The van der Waals surface area contributed by atoms with Crippen molar-refractivity contribution in [1.29, 1.82) is 0 Å². The number of benzene rings is 2. The topological polar surface area (TPSA) is 9.86 Å². The number of aromatic nitrogens is 2. The molecule has 2 heterocycles. The molecule has 0 amide bonds. The van der Waals surface area contributed by atoms with Gasteiger partial charge in [-0.05, 0) is 0 Å². The minimum absolute atomic E-state index is 0. The first-order valence-corrected chi connectivity index (χ1v) is 14.5. The molecule has 0 aliphatic heterocycles. The summed E-state index contributed by atoms with van der Waals surface area (Å²) in [6.07, 6.45) is 9.53. The van der Waals surface area contributed by atoms with Crippen LogP contribution in [0.5, 0.6) is 0 Å². The molecule has 6 rings (SSSR count). The van der Waals surface area contributed by atoms with E-state index in [1.54, 1.807) is 0 Å². The van der Waals surface area contributed by atoms with E-state index in [2.05, 4.69) is 122 Å². The number of allylic oxidation sites excluding steroid dienone is 2. The fraction of sp³-hybridized carbons (Fsp3) is 0.200. The van der Waals surface area contributed by atoms with Crippen LogP contribution in [-0.4, -0.2) is 9.13 Å². The number of fused-ring (bicyclic) bond motifs is 2. The number of halogens is 2. The summed E-state index contributed by atoms with van der Waals surface area (Å²) in [7, 11) is 0. The summed E-state index contributed by atoms with van der Waals surface area (Å²) in [5.74, 6) is 0. The van der Waals surface area contributed by atoms with Crippen molar-refractivity contribution in [2.45, 2.75) is 34.9 Å². The third-order valence-corrected chi connectivity index (χ3v) is 11.6. The second kappa shape index (κ2) is 10.1. The zero-order chi connectivity index (χ0) is 22.7. The fourth-order valence-corrected chi connectivity index (χ4v) is 10.5. The Balaban J connectivity index is 0.00000144. The Hall–Kier alpha value is -2.06. The number of aryl methyl sites for hydroxylation is 4. The molecule has 0 spiro atoms. The molecule has 2 atom stereocenters. The summed E-state index contributed by atoms with van der Waals surface area (Å²) >= 11 is -1.00. The van der Waals surface area contributed by atoms with Crippen LogP contribution in [0.15, 0.2) is 73.1 Å². The van der Waals surface area contributed by atoms with E-state index < -0.39 is 23.2 Å². The Morgan fingerprint density at radius 3 is 1.37 bits per heavy atom. The van der Waals surface area contributed by atoms with E-state index in [4.69, 9.17) is 0 Å². The molecule has 176 valence electrons. The Labute approximate surface area is 232 Å². The molecule has 4 aromatic rings. The van der Waals surface area contributed by atoms with Crippen molar-refractivity contribution in [2.24, 2.45) is 0 Å². The molecule has 5 heteroatoms. The van der Waals surface area contributed by atoms with E-state index >= 15 is 0 Å². The Bertz CT molecular complexity index is 1350. The van der Waals surface area contributed by atoms with Crippen molar-refractivity contribution >= 4 is 23.5 Å². The van der Waals surface area contributed by atoms with E-state index in [0.29, 0.717) is 7.25 Å². The first-order chi connectivity index (χ1) is 16.0. The normalized spacial score (nSPS) is 17.5. The molecule has 2 aliphatic rings. The van der Waals surface area contributed by atoms with Gasteiger partial charge in [-0.3, -0.25) is 0 Å². The van der Waals surface area contributed by atoms with Gasteiger partial charge in [-0.25, -0.2) is 0 Å². The van der Waals surface area contributed by atoms with Crippen LogP contribution < -0.4 is 24.8 Å². The molecule has 0 radical (unpaired) electrons. The van der Waals surface area contributed by atoms with E-state index in [1.807, 2.05) is 0 Å². The predicted molar refractivity (Wildman–Crippen MR) is 135 cm³/mol. The van der Waals surface area contributed by atoms with Gasteiger partial charge in [0.2, 0.25) is 0 Å². The molecule has 2 aromatic carbocycles. The van der Waals surface area contributed by atoms with E-state index in [1.165, 1.54) is 56.2 Å². The van der Waals surface area contributed by atoms with Crippen LogP contribution in [0.1, 0.15) is 52.0 Å². The average Bonchev–Trinajstić information content (AvgIpc) is 3.52. The summed E-state index contributed by atoms with van der Waals surface area (Å²) < 4.78 is 5.95. The first-order valence-electron chi connectivity index (χ1n) is 11.7. The van der Waals surface area contributed by atoms with Crippen LogP contribution in [0.2, 0.25) is 0 Å². The van der Waals surface area contributed by atoms with Crippen LogP contribution in [0.4, 0.5) is 0 Å². The van der Waals surface area contributed by atoms with Crippen molar-refractivity contribution in [3.05, 3.63) is 118 Å². The average molecular weight is 579 g/mol. The second-order valence-corrected chi connectivity index (χ2v) is 13.1. The maximum absolute atomic E-state index is 2.45. The third-order valence-electron chi connectivity index (χ3n) is 7.00. The number of nitrogens with zero attached hydrogens (tertiary/aromatic N) is 2. The predicted octanol–water partition coefficient (Wildman–Crippen LogP) is 1.42. The fourth-order valence-electron chi connectivity index (χ4n) is 5.59. The van der Waals surface area contributed by atoms with Crippen LogP contribution in [0, 0.1) is 27.7 Å².